The molecule has 1 N–H and O–H groups in total. The molecule has 1 fully saturated rings. The van der Waals surface area contributed by atoms with Crippen LogP contribution >= 0.6 is 23.4 Å². The third-order valence-corrected chi connectivity index (χ3v) is 7.08. The second-order valence-corrected chi connectivity index (χ2v) is 10.4. The maximum absolute atomic E-state index is 13.0. The van der Waals surface area contributed by atoms with E-state index in [0.717, 1.165) is 35.9 Å². The van der Waals surface area contributed by atoms with Crippen molar-refractivity contribution in [2.75, 3.05) is 25.1 Å². The van der Waals surface area contributed by atoms with Crippen molar-refractivity contribution in [2.24, 2.45) is 0 Å². The van der Waals surface area contributed by atoms with Crippen molar-refractivity contribution in [2.45, 2.75) is 53.1 Å². The van der Waals surface area contributed by atoms with Crippen molar-refractivity contribution in [3.8, 4) is 11.5 Å². The number of halogens is 1. The number of benzene rings is 2. The molecule has 0 radical (unpaired) electrons. The summed E-state index contributed by atoms with van der Waals surface area (Å²) in [6.07, 6.45) is 4.01. The molecule has 1 atom stereocenters. The Bertz CT molecular complexity index is 1300. The monoisotopic (exact) mass is 588 g/mol. The van der Waals surface area contributed by atoms with Gasteiger partial charge in [0.15, 0.2) is 11.5 Å². The number of carbonyl (C=O) groups is 4. The molecule has 2 aromatic rings. The smallest absolute Gasteiger partial charge is 0.339 e. The summed E-state index contributed by atoms with van der Waals surface area (Å²) >= 11 is 6.88. The molecule has 1 aliphatic rings. The van der Waals surface area contributed by atoms with Crippen LogP contribution in [0.3, 0.4) is 0 Å². The summed E-state index contributed by atoms with van der Waals surface area (Å²) in [4.78, 5) is 51.6. The van der Waals surface area contributed by atoms with Crippen molar-refractivity contribution in [1.29, 1.82) is 0 Å². The Kier molecular flexibility index (Phi) is 11.5. The van der Waals surface area contributed by atoms with E-state index in [9.17, 15) is 19.2 Å². The highest BCUT2D eigenvalue weighted by molar-refractivity contribution is 8.18. The number of hydrogen-bond acceptors (Lipinski definition) is 8. The fraction of sp³-hybridized carbons (Fsp3) is 0.379. The van der Waals surface area contributed by atoms with Gasteiger partial charge in [0.25, 0.3) is 11.1 Å². The molecule has 1 saturated heterocycles. The second-order valence-electron chi connectivity index (χ2n) is 8.98. The number of hydrogen-bond donors (Lipinski definition) is 1. The average Bonchev–Trinajstić information content (AvgIpc) is 3.18. The van der Waals surface area contributed by atoms with Crippen LogP contribution in [0.4, 0.5) is 10.5 Å². The Morgan fingerprint density at radius 1 is 1.10 bits per heavy atom. The molecule has 0 spiro atoms. The topological polar surface area (TPSA) is 111 Å². The fourth-order valence-electron chi connectivity index (χ4n) is 3.56. The van der Waals surface area contributed by atoms with E-state index in [1.807, 2.05) is 27.7 Å². The molecular formula is C29H33ClN2O7S. The number of carbonyl (C=O) groups excluding carboxylic acids is 4. The number of nitrogens with one attached hydrogen (secondary N) is 1. The molecule has 0 unspecified atom stereocenters. The lowest BCUT2D eigenvalue weighted by Crippen LogP contribution is -2.36. The number of amides is 3. The van der Waals surface area contributed by atoms with Gasteiger partial charge in [-0.05, 0) is 80.4 Å². The van der Waals surface area contributed by atoms with E-state index in [-0.39, 0.29) is 33.9 Å². The van der Waals surface area contributed by atoms with Crippen LogP contribution in [0.1, 0.15) is 62.9 Å². The van der Waals surface area contributed by atoms with Gasteiger partial charge in [0.05, 0.1) is 34.8 Å². The first kappa shape index (κ1) is 31.0. The minimum Gasteiger partial charge on any atom is -0.490 e. The molecule has 2 aromatic carbocycles. The highest BCUT2D eigenvalue weighted by Crippen LogP contribution is 2.35. The van der Waals surface area contributed by atoms with Crippen molar-refractivity contribution in [3.05, 3.63) is 57.5 Å². The van der Waals surface area contributed by atoms with Gasteiger partial charge in [-0.25, -0.2) is 4.79 Å². The molecule has 1 heterocycles. The normalized spacial score (nSPS) is 14.8. The van der Waals surface area contributed by atoms with Gasteiger partial charge in [-0.3, -0.25) is 19.3 Å². The predicted octanol–water partition coefficient (Wildman–Crippen LogP) is 6.55. The number of nitrogens with zero attached hydrogens (tertiary/aromatic N) is 1. The standard InChI is InChI=1S/C29H33ClN2O7S/c1-5-8-13-38-28(35)21-16-20(10-11-22(21)30)31-26(33)17-32-27(34)25(40-29(32)36)15-19-9-12-23(39-18(4)6-2)24(14-19)37-7-3/h9-12,14-16,18H,5-8,13,17H2,1-4H3,(H,31,33)/b25-15+/t18-/m0/s1. The van der Waals surface area contributed by atoms with Gasteiger partial charge in [-0.1, -0.05) is 37.9 Å². The van der Waals surface area contributed by atoms with Gasteiger partial charge in [-0.2, -0.15) is 0 Å². The zero-order chi connectivity index (χ0) is 29.2. The lowest BCUT2D eigenvalue weighted by atomic mass is 10.1. The Morgan fingerprint density at radius 2 is 1.88 bits per heavy atom. The first-order valence-electron chi connectivity index (χ1n) is 13.1. The summed E-state index contributed by atoms with van der Waals surface area (Å²) in [7, 11) is 0. The molecule has 0 aliphatic carbocycles. The number of rotatable bonds is 13. The molecule has 40 heavy (non-hydrogen) atoms. The molecule has 11 heteroatoms. The first-order chi connectivity index (χ1) is 19.2. The molecule has 1 aliphatic heterocycles. The number of imide groups is 1. The molecule has 0 bridgehead atoms. The van der Waals surface area contributed by atoms with E-state index in [1.165, 1.54) is 18.2 Å². The van der Waals surface area contributed by atoms with E-state index in [4.69, 9.17) is 25.8 Å². The highest BCUT2D eigenvalue weighted by atomic mass is 35.5. The van der Waals surface area contributed by atoms with Crippen LogP contribution < -0.4 is 14.8 Å². The Hall–Kier alpha value is -3.50. The third-order valence-electron chi connectivity index (χ3n) is 5.84. The molecule has 3 rings (SSSR count). The van der Waals surface area contributed by atoms with Crippen LogP contribution in [0.15, 0.2) is 41.3 Å². The number of esters is 1. The Labute approximate surface area is 243 Å². The SMILES string of the molecule is CCCCOC(=O)c1cc(NC(=O)CN2C(=O)S/C(=C/c3ccc(O[C@@H](C)CC)c(OCC)c3)C2=O)ccc1Cl. The molecule has 3 amide bonds. The van der Waals surface area contributed by atoms with Gasteiger partial charge in [0, 0.05) is 5.69 Å². The Balaban J connectivity index is 1.69. The zero-order valence-electron chi connectivity index (χ0n) is 23.0. The fourth-order valence-corrected chi connectivity index (χ4v) is 4.59. The number of anilines is 1. The lowest BCUT2D eigenvalue weighted by molar-refractivity contribution is -0.127. The molecule has 9 nitrogen and oxygen atoms in total. The second kappa shape index (κ2) is 14.8. The summed E-state index contributed by atoms with van der Waals surface area (Å²) in [6.45, 7) is 8.02. The number of unbranched alkanes of at least 4 members (excludes halogenated alkanes) is 1. The van der Waals surface area contributed by atoms with Crippen molar-refractivity contribution in [1.82, 2.24) is 4.90 Å². The Morgan fingerprint density at radius 3 is 2.58 bits per heavy atom. The molecular weight excluding hydrogens is 556 g/mol. The van der Waals surface area contributed by atoms with Crippen LogP contribution in [-0.4, -0.2) is 53.8 Å². The van der Waals surface area contributed by atoms with Gasteiger partial charge in [0.1, 0.15) is 6.54 Å². The third kappa shape index (κ3) is 8.25. The molecule has 0 saturated carbocycles. The average molecular weight is 589 g/mol. The molecule has 0 aromatic heterocycles. The predicted molar refractivity (Wildman–Crippen MR) is 156 cm³/mol. The molecule has 214 valence electrons. The van der Waals surface area contributed by atoms with Crippen molar-refractivity contribution < 1.29 is 33.4 Å². The first-order valence-corrected chi connectivity index (χ1v) is 14.3. The minimum atomic E-state index is -0.610. The lowest BCUT2D eigenvalue weighted by Gasteiger charge is -2.16. The largest absolute Gasteiger partial charge is 0.490 e. The summed E-state index contributed by atoms with van der Waals surface area (Å²) in [5.41, 5.74) is 1.04. The van der Waals surface area contributed by atoms with E-state index < -0.39 is 29.6 Å². The zero-order valence-corrected chi connectivity index (χ0v) is 24.5. The maximum atomic E-state index is 13.0. The van der Waals surface area contributed by atoms with Crippen molar-refractivity contribution >= 4 is 58.1 Å². The number of thioether (sulfide) groups is 1. The van der Waals surface area contributed by atoms with E-state index in [2.05, 4.69) is 5.32 Å². The summed E-state index contributed by atoms with van der Waals surface area (Å²) in [6, 6.07) is 9.65. The van der Waals surface area contributed by atoms with Crippen LogP contribution in [-0.2, 0) is 14.3 Å². The minimum absolute atomic E-state index is 0.00628. The van der Waals surface area contributed by atoms with Crippen LogP contribution in [0.25, 0.3) is 6.08 Å². The van der Waals surface area contributed by atoms with Crippen LogP contribution in [0.5, 0.6) is 11.5 Å². The van der Waals surface area contributed by atoms with E-state index in [0.29, 0.717) is 23.7 Å². The van der Waals surface area contributed by atoms with Gasteiger partial charge < -0.3 is 19.5 Å². The van der Waals surface area contributed by atoms with Gasteiger partial charge in [-0.15, -0.1) is 0 Å². The summed E-state index contributed by atoms with van der Waals surface area (Å²) < 4.78 is 16.8. The quantitative estimate of drug-likeness (QED) is 0.159. The van der Waals surface area contributed by atoms with E-state index >= 15 is 0 Å². The van der Waals surface area contributed by atoms with Gasteiger partial charge >= 0.3 is 5.97 Å². The van der Waals surface area contributed by atoms with Crippen molar-refractivity contribution in [3.63, 3.8) is 0 Å². The van der Waals surface area contributed by atoms with Crippen LogP contribution in [0, 0.1) is 0 Å². The number of ether oxygens (including phenoxy) is 3. The maximum Gasteiger partial charge on any atom is 0.339 e. The summed E-state index contributed by atoms with van der Waals surface area (Å²) in [5.74, 6) is -0.664. The van der Waals surface area contributed by atoms with E-state index in [1.54, 1.807) is 24.3 Å². The highest BCUT2D eigenvalue weighted by Gasteiger charge is 2.36. The van der Waals surface area contributed by atoms with Gasteiger partial charge in [0.2, 0.25) is 5.91 Å². The summed E-state index contributed by atoms with van der Waals surface area (Å²) in [5, 5.41) is 2.22. The van der Waals surface area contributed by atoms with Crippen LogP contribution in [0.2, 0.25) is 5.02 Å².